The van der Waals surface area contributed by atoms with Gasteiger partial charge in [-0.15, -0.1) is 0 Å². The molecule has 7 nitrogen and oxygen atoms in total. The number of rotatable bonds is 6. The third-order valence-corrected chi connectivity index (χ3v) is 5.41. The van der Waals surface area contributed by atoms with Crippen LogP contribution < -0.4 is 20.3 Å². The van der Waals surface area contributed by atoms with Gasteiger partial charge in [-0.2, -0.15) is 4.98 Å². The molecule has 0 bridgehead atoms. The smallest absolute Gasteiger partial charge is 0.251 e. The number of carbonyl (C=O) groups is 1. The van der Waals surface area contributed by atoms with Crippen molar-refractivity contribution < 1.29 is 9.53 Å². The second-order valence-electron chi connectivity index (χ2n) is 7.70. The number of piperidine rings is 1. The highest BCUT2D eigenvalue weighted by molar-refractivity contribution is 5.94. The Kier molecular flexibility index (Phi) is 6.31. The van der Waals surface area contributed by atoms with Gasteiger partial charge in [-0.1, -0.05) is 23.8 Å². The molecule has 4 rings (SSSR count). The van der Waals surface area contributed by atoms with Gasteiger partial charge in [0.15, 0.2) is 0 Å². The zero-order chi connectivity index (χ0) is 21.6. The lowest BCUT2D eigenvalue weighted by Gasteiger charge is -2.32. The summed E-state index contributed by atoms with van der Waals surface area (Å²) in [5, 5.41) is 6.46. The summed E-state index contributed by atoms with van der Waals surface area (Å²) in [5.41, 5.74) is 2.82. The molecule has 1 aliphatic rings. The predicted octanol–water partition coefficient (Wildman–Crippen LogP) is 3.94. The highest BCUT2D eigenvalue weighted by Crippen LogP contribution is 2.21. The summed E-state index contributed by atoms with van der Waals surface area (Å²) in [5.74, 6) is 2.08. The van der Waals surface area contributed by atoms with E-state index in [1.807, 2.05) is 30.3 Å². The van der Waals surface area contributed by atoms with E-state index in [2.05, 4.69) is 44.6 Å². The molecular weight excluding hydrogens is 390 g/mol. The summed E-state index contributed by atoms with van der Waals surface area (Å²) in [6, 6.07) is 17.4. The van der Waals surface area contributed by atoms with Crippen LogP contribution in [0, 0.1) is 6.92 Å². The maximum Gasteiger partial charge on any atom is 0.251 e. The molecule has 31 heavy (non-hydrogen) atoms. The van der Waals surface area contributed by atoms with E-state index in [1.165, 1.54) is 5.56 Å². The summed E-state index contributed by atoms with van der Waals surface area (Å²) in [6.45, 7) is 3.64. The molecule has 7 heteroatoms. The van der Waals surface area contributed by atoms with Crippen molar-refractivity contribution in [2.24, 2.45) is 0 Å². The van der Waals surface area contributed by atoms with E-state index in [4.69, 9.17) is 4.74 Å². The van der Waals surface area contributed by atoms with Gasteiger partial charge in [0.1, 0.15) is 11.6 Å². The summed E-state index contributed by atoms with van der Waals surface area (Å²) in [4.78, 5) is 23.8. The van der Waals surface area contributed by atoms with Crippen LogP contribution in [0.3, 0.4) is 0 Å². The molecule has 0 saturated carbocycles. The Labute approximate surface area is 182 Å². The van der Waals surface area contributed by atoms with Crippen molar-refractivity contribution in [1.82, 2.24) is 15.3 Å². The Morgan fingerprint density at radius 3 is 2.61 bits per heavy atom. The van der Waals surface area contributed by atoms with Crippen molar-refractivity contribution in [2.45, 2.75) is 25.8 Å². The minimum Gasteiger partial charge on any atom is -0.497 e. The number of aryl methyl sites for hydroxylation is 1. The number of hydrogen-bond donors (Lipinski definition) is 2. The molecule has 1 aromatic heterocycles. The first-order chi connectivity index (χ1) is 15.1. The van der Waals surface area contributed by atoms with Crippen LogP contribution in [0.5, 0.6) is 5.75 Å². The lowest BCUT2D eigenvalue weighted by Crippen LogP contribution is -2.45. The number of aromatic nitrogens is 2. The van der Waals surface area contributed by atoms with Crippen LogP contribution in [0.2, 0.25) is 0 Å². The van der Waals surface area contributed by atoms with E-state index >= 15 is 0 Å². The molecule has 2 aromatic carbocycles. The van der Waals surface area contributed by atoms with Gasteiger partial charge in [-0.3, -0.25) is 4.79 Å². The molecule has 3 aromatic rings. The van der Waals surface area contributed by atoms with E-state index in [9.17, 15) is 4.79 Å². The molecule has 160 valence electrons. The average Bonchev–Trinajstić information content (AvgIpc) is 2.81. The maximum atomic E-state index is 12.6. The highest BCUT2D eigenvalue weighted by Gasteiger charge is 2.23. The summed E-state index contributed by atoms with van der Waals surface area (Å²) in [6.07, 6.45) is 3.46. The largest absolute Gasteiger partial charge is 0.497 e. The number of methoxy groups -OCH3 is 1. The summed E-state index contributed by atoms with van der Waals surface area (Å²) >= 11 is 0. The van der Waals surface area contributed by atoms with Gasteiger partial charge in [-0.05, 0) is 56.2 Å². The fourth-order valence-electron chi connectivity index (χ4n) is 3.61. The first-order valence-corrected chi connectivity index (χ1v) is 10.5. The summed E-state index contributed by atoms with van der Waals surface area (Å²) < 4.78 is 5.20. The van der Waals surface area contributed by atoms with Crippen molar-refractivity contribution in [3.8, 4) is 5.75 Å². The van der Waals surface area contributed by atoms with E-state index in [1.54, 1.807) is 25.4 Å². The van der Waals surface area contributed by atoms with Gasteiger partial charge in [0.25, 0.3) is 5.91 Å². The predicted molar refractivity (Wildman–Crippen MR) is 122 cm³/mol. The fourth-order valence-corrected chi connectivity index (χ4v) is 3.61. The number of nitrogens with zero attached hydrogens (tertiary/aromatic N) is 3. The number of benzene rings is 2. The molecule has 0 aliphatic carbocycles. The second kappa shape index (κ2) is 9.47. The molecular formula is C24H27N5O2. The van der Waals surface area contributed by atoms with Gasteiger partial charge < -0.3 is 20.3 Å². The second-order valence-corrected chi connectivity index (χ2v) is 7.70. The van der Waals surface area contributed by atoms with E-state index in [0.717, 1.165) is 37.4 Å². The van der Waals surface area contributed by atoms with Crippen molar-refractivity contribution in [3.05, 3.63) is 71.9 Å². The molecule has 1 saturated heterocycles. The average molecular weight is 418 g/mol. The molecule has 0 spiro atoms. The number of hydrogen-bond acceptors (Lipinski definition) is 6. The molecule has 1 fully saturated rings. The SMILES string of the molecule is COc1cccc(C(=O)NC2CCN(c3nccc(Nc4ccc(C)cc4)n3)CC2)c1. The van der Waals surface area contributed by atoms with Gasteiger partial charge in [-0.25, -0.2) is 4.98 Å². The van der Waals surface area contributed by atoms with E-state index in [-0.39, 0.29) is 11.9 Å². The first kappa shape index (κ1) is 20.7. The van der Waals surface area contributed by atoms with Crippen LogP contribution in [0.1, 0.15) is 28.8 Å². The zero-order valence-electron chi connectivity index (χ0n) is 17.8. The summed E-state index contributed by atoms with van der Waals surface area (Å²) in [7, 11) is 1.60. The number of amides is 1. The Hall–Kier alpha value is -3.61. The van der Waals surface area contributed by atoms with Crippen LogP contribution in [0.15, 0.2) is 60.8 Å². The Morgan fingerprint density at radius 1 is 1.10 bits per heavy atom. The van der Waals surface area contributed by atoms with Gasteiger partial charge in [0.2, 0.25) is 5.95 Å². The highest BCUT2D eigenvalue weighted by atomic mass is 16.5. The van der Waals surface area contributed by atoms with Crippen molar-refractivity contribution in [1.29, 1.82) is 0 Å². The Bertz CT molecular complexity index is 1030. The Morgan fingerprint density at radius 2 is 1.87 bits per heavy atom. The van der Waals surface area contributed by atoms with Crippen LogP contribution in [-0.2, 0) is 0 Å². The molecule has 0 radical (unpaired) electrons. The van der Waals surface area contributed by atoms with Gasteiger partial charge >= 0.3 is 0 Å². The van der Waals surface area contributed by atoms with Crippen molar-refractivity contribution in [3.63, 3.8) is 0 Å². The Balaban J connectivity index is 1.33. The number of anilines is 3. The molecule has 2 N–H and O–H groups in total. The monoisotopic (exact) mass is 417 g/mol. The van der Waals surface area contributed by atoms with Gasteiger partial charge in [0, 0.05) is 36.6 Å². The lowest BCUT2D eigenvalue weighted by atomic mass is 10.0. The molecule has 0 unspecified atom stereocenters. The van der Waals surface area contributed by atoms with Crippen LogP contribution in [0.25, 0.3) is 0 Å². The normalized spacial score (nSPS) is 14.2. The first-order valence-electron chi connectivity index (χ1n) is 10.5. The topological polar surface area (TPSA) is 79.4 Å². The van der Waals surface area contributed by atoms with Crippen molar-refractivity contribution >= 4 is 23.4 Å². The molecule has 1 amide bonds. The number of carbonyl (C=O) groups excluding carboxylic acids is 1. The third-order valence-electron chi connectivity index (χ3n) is 5.41. The van der Waals surface area contributed by atoms with E-state index < -0.39 is 0 Å². The van der Waals surface area contributed by atoms with Crippen LogP contribution in [-0.4, -0.2) is 42.1 Å². The maximum absolute atomic E-state index is 12.6. The fraction of sp³-hybridized carbons (Fsp3) is 0.292. The third kappa shape index (κ3) is 5.31. The number of ether oxygens (including phenoxy) is 1. The van der Waals surface area contributed by atoms with Gasteiger partial charge in [0.05, 0.1) is 7.11 Å². The standard InChI is InChI=1S/C24H27N5O2/c1-17-6-8-19(9-7-17)26-22-10-13-25-24(28-22)29-14-11-20(12-15-29)27-23(30)18-4-3-5-21(16-18)31-2/h3-10,13,16,20H,11-12,14-15H2,1-2H3,(H,27,30)(H,25,26,28). The quantitative estimate of drug-likeness (QED) is 0.633. The van der Waals surface area contributed by atoms with E-state index in [0.29, 0.717) is 17.3 Å². The van der Waals surface area contributed by atoms with Crippen LogP contribution >= 0.6 is 0 Å². The number of nitrogens with one attached hydrogen (secondary N) is 2. The minimum atomic E-state index is -0.0714. The van der Waals surface area contributed by atoms with Crippen molar-refractivity contribution in [2.75, 3.05) is 30.4 Å². The zero-order valence-corrected chi connectivity index (χ0v) is 17.8. The lowest BCUT2D eigenvalue weighted by molar-refractivity contribution is 0.0930. The molecule has 2 heterocycles. The van der Waals surface area contributed by atoms with Crippen LogP contribution in [0.4, 0.5) is 17.5 Å². The molecule has 0 atom stereocenters. The minimum absolute atomic E-state index is 0.0714. The molecule has 1 aliphatic heterocycles.